The van der Waals surface area contributed by atoms with Crippen LogP contribution in [0, 0.1) is 23.7 Å². The van der Waals surface area contributed by atoms with E-state index < -0.39 is 0 Å². The third kappa shape index (κ3) is 14.2. The first-order chi connectivity index (χ1) is 7.27. The predicted molar refractivity (Wildman–Crippen MR) is 71.1 cm³/mol. The van der Waals surface area contributed by atoms with Gasteiger partial charge >= 0.3 is 0 Å². The Bertz CT molecular complexity index is 215. The minimum Gasteiger partial charge on any atom is -0.542 e. The molecule has 0 saturated heterocycles. The van der Waals surface area contributed by atoms with Gasteiger partial charge in [-0.3, -0.25) is 17.4 Å². The number of Topliss-reactive ketones (excluding diaryl/α,β-unsaturated/α-hetero) is 1. The van der Waals surface area contributed by atoms with Gasteiger partial charge in [-0.2, -0.15) is 11.8 Å². The summed E-state index contributed by atoms with van der Waals surface area (Å²) in [5.41, 5.74) is 0. The molecule has 105 valence electrons. The summed E-state index contributed by atoms with van der Waals surface area (Å²) in [5, 5.41) is 0. The molecule has 4 heteroatoms. The fraction of sp³-hybridized carbons (Fsp3) is 0.786. The van der Waals surface area contributed by atoms with Crippen LogP contribution in [-0.4, -0.2) is 18.4 Å². The van der Waals surface area contributed by atoms with E-state index in [1.807, 2.05) is 6.92 Å². The van der Waals surface area contributed by atoms with E-state index in [-0.39, 0.29) is 57.9 Å². The van der Waals surface area contributed by atoms with Gasteiger partial charge in [-0.25, -0.2) is 0 Å². The van der Waals surface area contributed by atoms with Gasteiger partial charge in [-0.05, 0) is 12.8 Å². The minimum atomic E-state index is -0.313. The van der Waals surface area contributed by atoms with E-state index in [9.17, 15) is 14.4 Å². The van der Waals surface area contributed by atoms with Crippen LogP contribution >= 0.6 is 0 Å². The molecule has 0 fully saturated rings. The van der Waals surface area contributed by atoms with Crippen molar-refractivity contribution in [3.63, 3.8) is 0 Å². The maximum absolute atomic E-state index is 10.6. The Balaban J connectivity index is -0.0000000980. The van der Waals surface area contributed by atoms with Crippen molar-refractivity contribution in [2.75, 3.05) is 0 Å². The Morgan fingerprint density at radius 1 is 0.889 bits per heavy atom. The Morgan fingerprint density at radius 2 is 1.17 bits per heavy atom. The molecule has 0 aliphatic heterocycles. The first-order valence-corrected chi connectivity index (χ1v) is 5.53. The first-order valence-electron chi connectivity index (χ1n) is 5.53. The largest absolute Gasteiger partial charge is 0.542 e. The summed E-state index contributed by atoms with van der Waals surface area (Å²) < 4.78 is 0. The Labute approximate surface area is 137 Å². The van der Waals surface area contributed by atoms with Gasteiger partial charge in [0.15, 0.2) is 0 Å². The van der Waals surface area contributed by atoms with Gasteiger partial charge in [0.2, 0.25) is 0 Å². The number of hydrogen-bond donors (Lipinski definition) is 0. The van der Waals surface area contributed by atoms with Crippen molar-refractivity contribution < 1.29 is 47.1 Å². The van der Waals surface area contributed by atoms with Crippen LogP contribution in [0.3, 0.4) is 0 Å². The van der Waals surface area contributed by atoms with Crippen LogP contribution in [0.15, 0.2) is 0 Å². The fourth-order valence-corrected chi connectivity index (χ4v) is 0.674. The monoisotopic (exact) mass is 331 g/mol. The van der Waals surface area contributed by atoms with Crippen LogP contribution in [0.1, 0.15) is 49.0 Å². The van der Waals surface area contributed by atoms with E-state index in [4.69, 9.17) is 0 Å². The molecule has 0 rings (SSSR count). The zero-order valence-corrected chi connectivity index (χ0v) is 14.4. The first kappa shape index (κ1) is 26.6. The summed E-state index contributed by atoms with van der Waals surface area (Å²) in [6.07, 6.45) is 3.41. The molecule has 0 aliphatic rings. The molecule has 3 unspecified atom stereocenters. The van der Waals surface area contributed by atoms with E-state index in [0.717, 1.165) is 0 Å². The molecule has 3 atom stereocenters. The van der Waals surface area contributed by atoms with Gasteiger partial charge in [-0.15, -0.1) is 0 Å². The van der Waals surface area contributed by atoms with Gasteiger partial charge in [0, 0.05) is 38.6 Å². The number of carbonyl (C=O) groups excluding carboxylic acids is 3. The molecule has 0 spiro atoms. The van der Waals surface area contributed by atoms with Crippen LogP contribution in [-0.2, 0) is 47.1 Å². The van der Waals surface area contributed by atoms with Gasteiger partial charge in [-0.1, -0.05) is 42.0 Å². The van der Waals surface area contributed by atoms with Gasteiger partial charge in [0.05, 0.1) is 0 Å². The standard InChI is InChI=1S/C7H14O.C6H8O2.CH4.Y/c1-5(2)6(3)7(4)8;1-5(3-7)6(2)4-8;;/h5-6H,1-4H3;5-6H,1-2H3;1H4;/q;-2;;. The summed E-state index contributed by atoms with van der Waals surface area (Å²) in [5.74, 6) is 0.391. The van der Waals surface area contributed by atoms with Gasteiger partial charge in [0.1, 0.15) is 5.78 Å². The average molecular weight is 331 g/mol. The molecule has 0 bridgehead atoms. The Morgan fingerprint density at radius 3 is 1.22 bits per heavy atom. The van der Waals surface area contributed by atoms with E-state index >= 15 is 0 Å². The number of hydrogen-bond acceptors (Lipinski definition) is 3. The molecule has 0 aromatic rings. The molecule has 18 heavy (non-hydrogen) atoms. The van der Waals surface area contributed by atoms with Crippen molar-refractivity contribution in [2.45, 2.75) is 49.0 Å². The van der Waals surface area contributed by atoms with Crippen molar-refractivity contribution in [2.24, 2.45) is 23.7 Å². The summed E-state index contributed by atoms with van der Waals surface area (Å²) in [7, 11) is 0. The molecule has 0 aliphatic carbocycles. The van der Waals surface area contributed by atoms with E-state index in [0.29, 0.717) is 11.7 Å². The van der Waals surface area contributed by atoms with Crippen LogP contribution in [0.4, 0.5) is 0 Å². The van der Waals surface area contributed by atoms with E-state index in [1.165, 1.54) is 0 Å². The Hall–Kier alpha value is 0.114. The van der Waals surface area contributed by atoms with Crippen LogP contribution in [0.5, 0.6) is 0 Å². The van der Waals surface area contributed by atoms with E-state index in [1.54, 1.807) is 33.3 Å². The smallest absolute Gasteiger partial charge is 0.132 e. The van der Waals surface area contributed by atoms with Crippen molar-refractivity contribution in [3.8, 4) is 0 Å². The molecule has 0 saturated carbocycles. The molecule has 0 N–H and O–H groups in total. The molecule has 1 radical (unpaired) electrons. The maximum Gasteiger partial charge on any atom is 0.132 e. The summed E-state index contributed by atoms with van der Waals surface area (Å²) in [4.78, 5) is 30.2. The summed E-state index contributed by atoms with van der Waals surface area (Å²) in [6.45, 7) is 11.0. The molecule has 0 aromatic heterocycles. The second kappa shape index (κ2) is 15.2. The van der Waals surface area contributed by atoms with Crippen LogP contribution < -0.4 is 0 Å². The van der Waals surface area contributed by atoms with Crippen LogP contribution in [0.25, 0.3) is 0 Å². The van der Waals surface area contributed by atoms with Gasteiger partial charge < -0.3 is 9.59 Å². The average Bonchev–Trinajstić information content (AvgIpc) is 2.26. The zero-order chi connectivity index (χ0) is 13.3. The van der Waals surface area contributed by atoms with Crippen molar-refractivity contribution in [1.29, 1.82) is 0 Å². The normalized spacial score (nSPS) is 13.7. The summed E-state index contributed by atoms with van der Waals surface area (Å²) in [6, 6.07) is 0. The topological polar surface area (TPSA) is 51.2 Å². The molecule has 0 aromatic carbocycles. The molecule has 0 heterocycles. The third-order valence-corrected chi connectivity index (χ3v) is 2.76. The van der Waals surface area contributed by atoms with E-state index in [2.05, 4.69) is 13.8 Å². The molecule has 0 amide bonds. The van der Waals surface area contributed by atoms with Crippen molar-refractivity contribution in [1.82, 2.24) is 0 Å². The summed E-state index contributed by atoms with van der Waals surface area (Å²) >= 11 is 0. The second-order valence-corrected chi connectivity index (χ2v) is 4.46. The van der Waals surface area contributed by atoms with Crippen molar-refractivity contribution in [3.05, 3.63) is 0 Å². The second-order valence-electron chi connectivity index (χ2n) is 4.46. The third-order valence-electron chi connectivity index (χ3n) is 2.76. The van der Waals surface area contributed by atoms with Crippen molar-refractivity contribution >= 4 is 18.4 Å². The number of rotatable bonds is 5. The molecular weight excluding hydrogens is 305 g/mol. The minimum absolute atomic E-state index is 0. The van der Waals surface area contributed by atoms with Crippen LogP contribution in [0.2, 0.25) is 0 Å². The molecular formula is C14H26O3Y-2. The number of ketones is 1. The quantitative estimate of drug-likeness (QED) is 0.728. The fourth-order valence-electron chi connectivity index (χ4n) is 0.674. The maximum atomic E-state index is 10.6. The predicted octanol–water partition coefficient (Wildman–Crippen LogP) is 2.98. The molecule has 3 nitrogen and oxygen atoms in total. The SMILES string of the molecule is C.CC(=O)C(C)C(C)C.CC([C-]=O)C(C)[C-]=O.[Y]. The Kier molecular flexibility index (Phi) is 22.4. The number of carbonyl (C=O) groups is 1. The zero-order valence-electron chi connectivity index (χ0n) is 11.6. The van der Waals surface area contributed by atoms with Gasteiger partial charge in [0.25, 0.3) is 0 Å².